The largest absolute Gasteiger partial charge is 0.480 e. The van der Waals surface area contributed by atoms with Gasteiger partial charge in [0.2, 0.25) is 0 Å². The molecule has 0 aliphatic carbocycles. The third-order valence-corrected chi connectivity index (χ3v) is 2.24. The van der Waals surface area contributed by atoms with Crippen molar-refractivity contribution in [2.75, 3.05) is 6.54 Å². The molecule has 0 saturated carbocycles. The summed E-state index contributed by atoms with van der Waals surface area (Å²) in [5.74, 6) is -0.682. The van der Waals surface area contributed by atoms with Crippen molar-refractivity contribution in [1.29, 1.82) is 0 Å². The molecule has 5 nitrogen and oxygen atoms in total. The van der Waals surface area contributed by atoms with Crippen LogP contribution in [-0.4, -0.2) is 29.2 Å². The Kier molecular flexibility index (Phi) is 5.11. The molecule has 88 valence electrons. The molecular weight excluding hydrogens is 196 g/mol. The van der Waals surface area contributed by atoms with Crippen LogP contribution in [0.4, 0.5) is 4.79 Å². The highest BCUT2D eigenvalue weighted by Gasteiger charge is 2.32. The van der Waals surface area contributed by atoms with Crippen LogP contribution in [0.1, 0.15) is 34.1 Å². The van der Waals surface area contributed by atoms with Crippen LogP contribution in [0.5, 0.6) is 0 Å². The van der Waals surface area contributed by atoms with E-state index in [0.717, 1.165) is 0 Å². The first-order valence-electron chi connectivity index (χ1n) is 5.11. The first-order valence-corrected chi connectivity index (χ1v) is 5.11. The van der Waals surface area contributed by atoms with Gasteiger partial charge in [-0.3, -0.25) is 0 Å². The summed E-state index contributed by atoms with van der Waals surface area (Å²) in [5, 5.41) is 14.0. The first kappa shape index (κ1) is 13.7. The molecule has 1 unspecified atom stereocenters. The number of hydrogen-bond acceptors (Lipinski definition) is 2. The van der Waals surface area contributed by atoms with Gasteiger partial charge in [-0.2, -0.15) is 0 Å². The highest BCUT2D eigenvalue weighted by Crippen LogP contribution is 2.08. The van der Waals surface area contributed by atoms with Gasteiger partial charge in [-0.15, -0.1) is 0 Å². The number of carbonyl (C=O) groups is 2. The zero-order valence-corrected chi connectivity index (χ0v) is 9.76. The zero-order valence-electron chi connectivity index (χ0n) is 9.76. The number of carboxylic acids is 1. The minimum atomic E-state index is -1.19. The molecule has 0 spiro atoms. The molecule has 3 N–H and O–H groups in total. The molecule has 0 aromatic rings. The Labute approximate surface area is 90.2 Å². The third-order valence-electron chi connectivity index (χ3n) is 2.24. The van der Waals surface area contributed by atoms with Crippen LogP contribution in [0, 0.1) is 5.92 Å². The van der Waals surface area contributed by atoms with Gasteiger partial charge in [0.1, 0.15) is 5.54 Å². The number of carboxylic acid groups (broad SMARTS) is 1. The van der Waals surface area contributed by atoms with Crippen LogP contribution in [0.25, 0.3) is 0 Å². The molecule has 5 heteroatoms. The lowest BCUT2D eigenvalue weighted by Crippen LogP contribution is -2.55. The Bertz CT molecular complexity index is 241. The standard InChI is InChI=1S/C10H20N2O3/c1-5-10(4,8(13)14)12-9(15)11-6-7(2)3/h7H,5-6H2,1-4H3,(H,13,14)(H2,11,12,15). The lowest BCUT2D eigenvalue weighted by molar-refractivity contribution is -0.143. The molecular formula is C10H20N2O3. The van der Waals surface area contributed by atoms with Crippen molar-refractivity contribution in [2.45, 2.75) is 39.7 Å². The predicted octanol–water partition coefficient (Wildman–Crippen LogP) is 1.19. The highest BCUT2D eigenvalue weighted by atomic mass is 16.4. The molecule has 0 rings (SSSR count). The number of rotatable bonds is 5. The second kappa shape index (κ2) is 5.58. The number of carbonyl (C=O) groups excluding carboxylic acids is 1. The Hall–Kier alpha value is -1.26. The normalized spacial score (nSPS) is 14.5. The summed E-state index contributed by atoms with van der Waals surface area (Å²) in [6, 6.07) is -0.435. The summed E-state index contributed by atoms with van der Waals surface area (Å²) in [4.78, 5) is 22.2. The van der Waals surface area contributed by atoms with E-state index in [1.807, 2.05) is 13.8 Å². The fourth-order valence-electron chi connectivity index (χ4n) is 0.885. The maximum absolute atomic E-state index is 11.3. The van der Waals surface area contributed by atoms with Crippen molar-refractivity contribution >= 4 is 12.0 Å². The smallest absolute Gasteiger partial charge is 0.329 e. The van der Waals surface area contributed by atoms with E-state index < -0.39 is 17.5 Å². The van der Waals surface area contributed by atoms with Crippen molar-refractivity contribution < 1.29 is 14.7 Å². The summed E-state index contributed by atoms with van der Waals surface area (Å²) < 4.78 is 0. The number of amides is 2. The summed E-state index contributed by atoms with van der Waals surface area (Å²) in [5.41, 5.74) is -1.19. The molecule has 0 aromatic heterocycles. The fraction of sp³-hybridized carbons (Fsp3) is 0.800. The highest BCUT2D eigenvalue weighted by molar-refractivity contribution is 5.85. The van der Waals surface area contributed by atoms with Crippen LogP contribution >= 0.6 is 0 Å². The van der Waals surface area contributed by atoms with Crippen molar-refractivity contribution in [1.82, 2.24) is 10.6 Å². The number of urea groups is 1. The van der Waals surface area contributed by atoms with Crippen LogP contribution in [-0.2, 0) is 4.79 Å². The average molecular weight is 216 g/mol. The maximum Gasteiger partial charge on any atom is 0.329 e. The predicted molar refractivity (Wildman–Crippen MR) is 57.7 cm³/mol. The summed E-state index contributed by atoms with van der Waals surface area (Å²) in [7, 11) is 0. The number of hydrogen-bond donors (Lipinski definition) is 3. The molecule has 2 amide bonds. The molecule has 0 radical (unpaired) electrons. The van der Waals surface area contributed by atoms with Crippen LogP contribution in [0.15, 0.2) is 0 Å². The molecule has 0 aliphatic heterocycles. The fourth-order valence-corrected chi connectivity index (χ4v) is 0.885. The minimum Gasteiger partial charge on any atom is -0.480 e. The Morgan fingerprint density at radius 2 is 1.93 bits per heavy atom. The quantitative estimate of drug-likeness (QED) is 0.646. The van der Waals surface area contributed by atoms with Gasteiger partial charge in [0, 0.05) is 6.54 Å². The van der Waals surface area contributed by atoms with E-state index in [-0.39, 0.29) is 0 Å². The van der Waals surface area contributed by atoms with Gasteiger partial charge in [-0.05, 0) is 19.3 Å². The molecule has 1 atom stereocenters. The monoisotopic (exact) mass is 216 g/mol. The van der Waals surface area contributed by atoms with Crippen molar-refractivity contribution in [2.24, 2.45) is 5.92 Å². The van der Waals surface area contributed by atoms with Gasteiger partial charge in [0.15, 0.2) is 0 Å². The van der Waals surface area contributed by atoms with Gasteiger partial charge >= 0.3 is 12.0 Å². The van der Waals surface area contributed by atoms with Gasteiger partial charge in [-0.1, -0.05) is 20.8 Å². The lowest BCUT2D eigenvalue weighted by atomic mass is 10.00. The lowest BCUT2D eigenvalue weighted by Gasteiger charge is -2.24. The van der Waals surface area contributed by atoms with Crippen molar-refractivity contribution in [3.8, 4) is 0 Å². The molecule has 0 aliphatic rings. The van der Waals surface area contributed by atoms with Crippen LogP contribution in [0.2, 0.25) is 0 Å². The van der Waals surface area contributed by atoms with E-state index in [0.29, 0.717) is 18.9 Å². The van der Waals surface area contributed by atoms with Gasteiger partial charge in [0.25, 0.3) is 0 Å². The Morgan fingerprint density at radius 3 is 2.27 bits per heavy atom. The summed E-state index contributed by atoms with van der Waals surface area (Å²) >= 11 is 0. The van der Waals surface area contributed by atoms with Gasteiger partial charge in [0.05, 0.1) is 0 Å². The average Bonchev–Trinajstić information content (AvgIpc) is 2.14. The topological polar surface area (TPSA) is 78.4 Å². The molecule has 0 heterocycles. The van der Waals surface area contributed by atoms with E-state index in [1.54, 1.807) is 6.92 Å². The third kappa shape index (κ3) is 4.67. The summed E-state index contributed by atoms with van der Waals surface area (Å²) in [6.45, 7) is 7.68. The second-order valence-electron chi connectivity index (χ2n) is 4.22. The second-order valence-corrected chi connectivity index (χ2v) is 4.22. The van der Waals surface area contributed by atoms with E-state index in [1.165, 1.54) is 6.92 Å². The van der Waals surface area contributed by atoms with Gasteiger partial charge in [-0.25, -0.2) is 9.59 Å². The van der Waals surface area contributed by atoms with E-state index in [4.69, 9.17) is 5.11 Å². The summed E-state index contributed by atoms with van der Waals surface area (Å²) in [6.07, 6.45) is 0.345. The number of nitrogens with one attached hydrogen (secondary N) is 2. The molecule has 0 saturated heterocycles. The molecule has 0 aromatic carbocycles. The van der Waals surface area contributed by atoms with E-state index >= 15 is 0 Å². The molecule has 0 bridgehead atoms. The van der Waals surface area contributed by atoms with Crippen molar-refractivity contribution in [3.05, 3.63) is 0 Å². The Balaban J connectivity index is 4.19. The number of aliphatic carboxylic acids is 1. The minimum absolute atomic E-state index is 0.341. The van der Waals surface area contributed by atoms with Crippen LogP contribution < -0.4 is 10.6 Å². The Morgan fingerprint density at radius 1 is 1.40 bits per heavy atom. The zero-order chi connectivity index (χ0) is 12.1. The van der Waals surface area contributed by atoms with Crippen molar-refractivity contribution in [3.63, 3.8) is 0 Å². The maximum atomic E-state index is 11.3. The molecule has 0 fully saturated rings. The van der Waals surface area contributed by atoms with E-state index in [2.05, 4.69) is 10.6 Å². The first-order chi connectivity index (χ1) is 6.81. The van der Waals surface area contributed by atoms with Crippen LogP contribution in [0.3, 0.4) is 0 Å². The molecule has 15 heavy (non-hydrogen) atoms. The van der Waals surface area contributed by atoms with E-state index in [9.17, 15) is 9.59 Å². The SMILES string of the molecule is CCC(C)(NC(=O)NCC(C)C)C(=O)O. The van der Waals surface area contributed by atoms with Gasteiger partial charge < -0.3 is 15.7 Å².